The second kappa shape index (κ2) is 4.26. The van der Waals surface area contributed by atoms with Gasteiger partial charge in [0, 0.05) is 18.8 Å². The van der Waals surface area contributed by atoms with Crippen LogP contribution in [0.4, 0.5) is 5.69 Å². The zero-order chi connectivity index (χ0) is 10.8. The fraction of sp³-hybridized carbons (Fsp3) is 0.571. The van der Waals surface area contributed by atoms with Crippen molar-refractivity contribution in [2.24, 2.45) is 0 Å². The monoisotopic (exact) mass is 203 g/mol. The van der Waals surface area contributed by atoms with E-state index in [-0.39, 0.29) is 0 Å². The van der Waals surface area contributed by atoms with E-state index >= 15 is 0 Å². The molecule has 0 saturated carbocycles. The normalized spacial score (nSPS) is 15.2. The largest absolute Gasteiger partial charge is 0.372 e. The SMILES string of the molecule is CC(C)N(C)c1ccc2c(c1)CCCC2. The van der Waals surface area contributed by atoms with Crippen molar-refractivity contribution in [1.29, 1.82) is 0 Å². The smallest absolute Gasteiger partial charge is 0.0368 e. The number of hydrogen-bond acceptors (Lipinski definition) is 1. The van der Waals surface area contributed by atoms with Gasteiger partial charge in [-0.15, -0.1) is 0 Å². The van der Waals surface area contributed by atoms with Crippen molar-refractivity contribution in [3.63, 3.8) is 0 Å². The second-order valence-corrected chi connectivity index (χ2v) is 4.86. The molecular weight excluding hydrogens is 182 g/mol. The molecule has 1 heteroatoms. The average molecular weight is 203 g/mol. The number of fused-ring (bicyclic) bond motifs is 1. The van der Waals surface area contributed by atoms with E-state index in [0.29, 0.717) is 6.04 Å². The first-order valence-corrected chi connectivity index (χ1v) is 6.03. The lowest BCUT2D eigenvalue weighted by atomic mass is 9.91. The van der Waals surface area contributed by atoms with Gasteiger partial charge in [0.1, 0.15) is 0 Å². The van der Waals surface area contributed by atoms with Gasteiger partial charge in [-0.05, 0) is 62.8 Å². The van der Waals surface area contributed by atoms with E-state index in [1.54, 1.807) is 11.1 Å². The van der Waals surface area contributed by atoms with Crippen LogP contribution in [0.2, 0.25) is 0 Å². The number of benzene rings is 1. The molecule has 0 unspecified atom stereocenters. The number of aryl methyl sites for hydroxylation is 2. The third-order valence-electron chi connectivity index (χ3n) is 3.51. The Kier molecular flexibility index (Phi) is 2.99. The topological polar surface area (TPSA) is 3.24 Å². The van der Waals surface area contributed by atoms with E-state index in [1.165, 1.54) is 31.4 Å². The molecular formula is C14H21N. The molecule has 2 rings (SSSR count). The quantitative estimate of drug-likeness (QED) is 0.712. The first-order valence-electron chi connectivity index (χ1n) is 6.03. The summed E-state index contributed by atoms with van der Waals surface area (Å²) in [6, 6.07) is 7.55. The summed E-state index contributed by atoms with van der Waals surface area (Å²) in [4.78, 5) is 2.34. The van der Waals surface area contributed by atoms with Crippen LogP contribution in [0.25, 0.3) is 0 Å². The standard InChI is InChI=1S/C14H21N/c1-11(2)15(3)14-9-8-12-6-4-5-7-13(12)10-14/h8-11H,4-7H2,1-3H3. The number of rotatable bonds is 2. The fourth-order valence-corrected chi connectivity index (χ4v) is 2.24. The Bertz CT molecular complexity index is 341. The summed E-state index contributed by atoms with van der Waals surface area (Å²) in [6.45, 7) is 4.47. The predicted octanol–water partition coefficient (Wildman–Crippen LogP) is 3.41. The summed E-state index contributed by atoms with van der Waals surface area (Å²) in [5.41, 5.74) is 4.51. The molecule has 0 bridgehead atoms. The highest BCUT2D eigenvalue weighted by Gasteiger charge is 2.11. The Morgan fingerprint density at radius 3 is 2.40 bits per heavy atom. The molecule has 1 nitrogen and oxygen atoms in total. The maximum absolute atomic E-state index is 2.38. The lowest BCUT2D eigenvalue weighted by Gasteiger charge is -2.26. The van der Waals surface area contributed by atoms with Crippen molar-refractivity contribution in [1.82, 2.24) is 0 Å². The molecule has 0 atom stereocenters. The molecule has 0 fully saturated rings. The van der Waals surface area contributed by atoms with Crippen molar-refractivity contribution >= 4 is 5.69 Å². The molecule has 0 heterocycles. The molecule has 15 heavy (non-hydrogen) atoms. The summed E-state index contributed by atoms with van der Waals surface area (Å²) in [5, 5.41) is 0. The highest BCUT2D eigenvalue weighted by atomic mass is 15.1. The summed E-state index contributed by atoms with van der Waals surface area (Å²) in [6.07, 6.45) is 5.28. The molecule has 1 aromatic rings. The minimum Gasteiger partial charge on any atom is -0.372 e. The molecule has 1 aliphatic carbocycles. The van der Waals surface area contributed by atoms with Gasteiger partial charge in [0.05, 0.1) is 0 Å². The van der Waals surface area contributed by atoms with E-state index in [4.69, 9.17) is 0 Å². The van der Waals surface area contributed by atoms with E-state index in [0.717, 1.165) is 0 Å². The second-order valence-electron chi connectivity index (χ2n) is 4.86. The Morgan fingerprint density at radius 2 is 1.73 bits per heavy atom. The van der Waals surface area contributed by atoms with Crippen LogP contribution in [0.5, 0.6) is 0 Å². The molecule has 0 amide bonds. The van der Waals surface area contributed by atoms with Gasteiger partial charge in [-0.25, -0.2) is 0 Å². The van der Waals surface area contributed by atoms with E-state index in [1.807, 2.05) is 0 Å². The zero-order valence-electron chi connectivity index (χ0n) is 10.1. The van der Waals surface area contributed by atoms with Gasteiger partial charge in [-0.3, -0.25) is 0 Å². The van der Waals surface area contributed by atoms with E-state index in [9.17, 15) is 0 Å². The summed E-state index contributed by atoms with van der Waals surface area (Å²) < 4.78 is 0. The number of hydrogen-bond donors (Lipinski definition) is 0. The molecule has 0 aliphatic heterocycles. The highest BCUT2D eigenvalue weighted by Crippen LogP contribution is 2.26. The lowest BCUT2D eigenvalue weighted by Crippen LogP contribution is -2.25. The molecule has 0 aromatic heterocycles. The van der Waals surface area contributed by atoms with Gasteiger partial charge in [-0.1, -0.05) is 6.07 Å². The van der Waals surface area contributed by atoms with Gasteiger partial charge < -0.3 is 4.90 Å². The Balaban J connectivity index is 2.27. The van der Waals surface area contributed by atoms with Crippen LogP contribution in [0.3, 0.4) is 0 Å². The third kappa shape index (κ3) is 2.17. The van der Waals surface area contributed by atoms with Crippen molar-refractivity contribution in [3.8, 4) is 0 Å². The van der Waals surface area contributed by atoms with Crippen molar-refractivity contribution < 1.29 is 0 Å². The fourth-order valence-electron chi connectivity index (χ4n) is 2.24. The molecule has 1 aromatic carbocycles. The van der Waals surface area contributed by atoms with Gasteiger partial charge in [0.15, 0.2) is 0 Å². The van der Waals surface area contributed by atoms with Gasteiger partial charge in [0.25, 0.3) is 0 Å². The van der Waals surface area contributed by atoms with E-state index < -0.39 is 0 Å². The molecule has 0 N–H and O–H groups in total. The van der Waals surface area contributed by atoms with Gasteiger partial charge in [-0.2, -0.15) is 0 Å². The maximum Gasteiger partial charge on any atom is 0.0368 e. The number of anilines is 1. The first kappa shape index (κ1) is 10.5. The van der Waals surface area contributed by atoms with Gasteiger partial charge in [0.2, 0.25) is 0 Å². The van der Waals surface area contributed by atoms with Crippen molar-refractivity contribution in [2.75, 3.05) is 11.9 Å². The van der Waals surface area contributed by atoms with Crippen LogP contribution >= 0.6 is 0 Å². The van der Waals surface area contributed by atoms with Crippen LogP contribution < -0.4 is 4.90 Å². The van der Waals surface area contributed by atoms with E-state index in [2.05, 4.69) is 44.0 Å². The summed E-state index contributed by atoms with van der Waals surface area (Å²) in [7, 11) is 2.18. The maximum atomic E-state index is 2.38. The zero-order valence-corrected chi connectivity index (χ0v) is 10.1. The molecule has 0 radical (unpaired) electrons. The summed E-state index contributed by atoms with van der Waals surface area (Å²) in [5.74, 6) is 0. The molecule has 82 valence electrons. The third-order valence-corrected chi connectivity index (χ3v) is 3.51. The average Bonchev–Trinajstić information content (AvgIpc) is 2.27. The van der Waals surface area contributed by atoms with Crippen LogP contribution in [0.15, 0.2) is 18.2 Å². The van der Waals surface area contributed by atoms with Crippen molar-refractivity contribution in [2.45, 2.75) is 45.6 Å². The number of nitrogens with zero attached hydrogens (tertiary/aromatic N) is 1. The van der Waals surface area contributed by atoms with Crippen LogP contribution in [-0.4, -0.2) is 13.1 Å². The van der Waals surface area contributed by atoms with Crippen LogP contribution in [0, 0.1) is 0 Å². The lowest BCUT2D eigenvalue weighted by molar-refractivity contribution is 0.683. The predicted molar refractivity (Wildman–Crippen MR) is 66.6 cm³/mol. The van der Waals surface area contributed by atoms with Crippen LogP contribution in [-0.2, 0) is 12.8 Å². The Labute approximate surface area is 93.1 Å². The summed E-state index contributed by atoms with van der Waals surface area (Å²) >= 11 is 0. The minimum atomic E-state index is 0.576. The van der Waals surface area contributed by atoms with Crippen molar-refractivity contribution in [3.05, 3.63) is 29.3 Å². The Morgan fingerprint density at radius 1 is 1.07 bits per heavy atom. The Hall–Kier alpha value is -0.980. The molecule has 0 saturated heterocycles. The molecule has 1 aliphatic rings. The first-order chi connectivity index (χ1) is 7.18. The minimum absolute atomic E-state index is 0.576. The van der Waals surface area contributed by atoms with Crippen LogP contribution in [0.1, 0.15) is 37.8 Å². The highest BCUT2D eigenvalue weighted by molar-refractivity contribution is 5.51. The van der Waals surface area contributed by atoms with Gasteiger partial charge >= 0.3 is 0 Å². The molecule has 0 spiro atoms.